The van der Waals surface area contributed by atoms with Gasteiger partial charge in [-0.25, -0.2) is 0 Å². The largest absolute Gasteiger partial charge is 0.338 e. The summed E-state index contributed by atoms with van der Waals surface area (Å²) in [7, 11) is 0. The fraction of sp³-hybridized carbons (Fsp3) is 0.971. The first-order valence-corrected chi connectivity index (χ1v) is 16.9. The first kappa shape index (κ1) is 28.9. The smallest absolute Gasteiger partial charge is 0.229 e. The van der Waals surface area contributed by atoms with Crippen LogP contribution in [0.15, 0.2) is 0 Å². The molecule has 38 heavy (non-hydrogen) atoms. The molecular weight excluding hydrogens is 464 g/mol. The van der Waals surface area contributed by atoms with E-state index in [0.29, 0.717) is 51.9 Å². The highest BCUT2D eigenvalue weighted by molar-refractivity contribution is 5.84. The van der Waals surface area contributed by atoms with Crippen molar-refractivity contribution in [2.24, 2.45) is 51.2 Å². The van der Waals surface area contributed by atoms with Crippen LogP contribution < -0.4 is 0 Å². The van der Waals surface area contributed by atoms with E-state index in [1.54, 1.807) is 0 Å². The van der Waals surface area contributed by atoms with Crippen molar-refractivity contribution in [2.45, 2.75) is 138 Å². The molecule has 0 aromatic rings. The zero-order chi connectivity index (χ0) is 27.5. The van der Waals surface area contributed by atoms with Gasteiger partial charge in [0.25, 0.3) is 0 Å². The lowest BCUT2D eigenvalue weighted by molar-refractivity contribution is -0.192. The Morgan fingerprint density at radius 2 is 1.63 bits per heavy atom. The van der Waals surface area contributed by atoms with Crippen molar-refractivity contribution < 1.29 is 4.79 Å². The van der Waals surface area contributed by atoms with Crippen molar-refractivity contribution in [1.82, 2.24) is 9.80 Å². The summed E-state index contributed by atoms with van der Waals surface area (Å²) in [5, 5.41) is 0. The van der Waals surface area contributed by atoms with Gasteiger partial charge in [-0.1, -0.05) is 61.8 Å². The van der Waals surface area contributed by atoms with Gasteiger partial charge in [0.05, 0.1) is 5.41 Å². The van der Waals surface area contributed by atoms with Gasteiger partial charge in [0.15, 0.2) is 0 Å². The number of nitrogens with zero attached hydrogens (tertiary/aromatic N) is 2. The quantitative estimate of drug-likeness (QED) is 0.332. The second kappa shape index (κ2) is 10.4. The molecule has 5 fully saturated rings. The molecule has 0 N–H and O–H groups in total. The maximum absolute atomic E-state index is 14.9. The van der Waals surface area contributed by atoms with Gasteiger partial charge in [0.2, 0.25) is 5.91 Å². The van der Waals surface area contributed by atoms with E-state index in [1.165, 1.54) is 77.3 Å². The Bertz CT molecular complexity index is 856. The van der Waals surface area contributed by atoms with Crippen molar-refractivity contribution in [3.05, 3.63) is 0 Å². The number of carbonyl (C=O) groups excluding carboxylic acids is 1. The van der Waals surface area contributed by atoms with E-state index in [1.807, 2.05) is 0 Å². The third kappa shape index (κ3) is 4.42. The lowest BCUT2D eigenvalue weighted by Gasteiger charge is -2.67. The van der Waals surface area contributed by atoms with Crippen LogP contribution in [0.1, 0.15) is 132 Å². The monoisotopic (exact) mass is 526 g/mol. The number of hydrogen-bond donors (Lipinski definition) is 0. The van der Waals surface area contributed by atoms with Gasteiger partial charge >= 0.3 is 0 Å². The summed E-state index contributed by atoms with van der Waals surface area (Å²) >= 11 is 0. The predicted molar refractivity (Wildman–Crippen MR) is 160 cm³/mol. The molecule has 0 spiro atoms. The molecule has 5 aliphatic rings. The predicted octanol–water partition coefficient (Wildman–Crippen LogP) is 8.42. The number of carbonyl (C=O) groups is 1. The fourth-order valence-corrected chi connectivity index (χ4v) is 11.8. The number of hydrogen-bond acceptors (Lipinski definition) is 2. The highest BCUT2D eigenvalue weighted by atomic mass is 16.2. The fourth-order valence-electron chi connectivity index (χ4n) is 11.8. The molecule has 3 aliphatic carbocycles. The average molecular weight is 527 g/mol. The molecule has 3 heteroatoms. The van der Waals surface area contributed by atoms with Crippen LogP contribution in [0.5, 0.6) is 0 Å². The van der Waals surface area contributed by atoms with Crippen molar-refractivity contribution in [1.29, 1.82) is 0 Å². The Morgan fingerprint density at radius 1 is 0.921 bits per heavy atom. The lowest BCUT2D eigenvalue weighted by Crippen LogP contribution is -2.63. The van der Waals surface area contributed by atoms with Crippen LogP contribution in [0, 0.1) is 51.2 Å². The van der Waals surface area contributed by atoms with Crippen LogP contribution in [0.4, 0.5) is 0 Å². The highest BCUT2D eigenvalue weighted by Gasteiger charge is 2.68. The van der Waals surface area contributed by atoms with Crippen LogP contribution >= 0.6 is 0 Å². The van der Waals surface area contributed by atoms with Crippen molar-refractivity contribution in [3.8, 4) is 0 Å². The zero-order valence-corrected chi connectivity index (χ0v) is 26.6. The van der Waals surface area contributed by atoms with Crippen molar-refractivity contribution in [3.63, 3.8) is 0 Å². The third-order valence-electron chi connectivity index (χ3n) is 13.9. The average Bonchev–Trinajstić information content (AvgIpc) is 3.60. The first-order chi connectivity index (χ1) is 17.9. The first-order valence-electron chi connectivity index (χ1n) is 16.9. The second-order valence-electron chi connectivity index (χ2n) is 16.5. The summed E-state index contributed by atoms with van der Waals surface area (Å²) < 4.78 is 0. The Labute approximate surface area is 236 Å². The molecule has 1 amide bonds. The third-order valence-corrected chi connectivity index (χ3v) is 13.9. The minimum absolute atomic E-state index is 0.0887. The van der Waals surface area contributed by atoms with Gasteiger partial charge in [0.1, 0.15) is 0 Å². The zero-order valence-electron chi connectivity index (χ0n) is 26.6. The normalized spacial score (nSPS) is 41.5. The SMILES string of the molecule is CCCC(C)(C)[C@H]1CC[C@@H]2[C@H]3[C@H](C(C)C)CC[C@]3(C(=O)N3CCC[C@H]3CN3CCCC3)CC[C@@]2(C)C1(C)C. The van der Waals surface area contributed by atoms with Gasteiger partial charge in [-0.15, -0.1) is 0 Å². The van der Waals surface area contributed by atoms with Gasteiger partial charge in [0, 0.05) is 19.1 Å². The molecule has 0 radical (unpaired) electrons. The summed E-state index contributed by atoms with van der Waals surface area (Å²) in [5.41, 5.74) is 0.934. The molecule has 0 bridgehead atoms. The van der Waals surface area contributed by atoms with E-state index in [-0.39, 0.29) is 5.41 Å². The molecule has 3 saturated carbocycles. The minimum Gasteiger partial charge on any atom is -0.338 e. The standard InChI is InChI=1S/C35H62N2O/c1-9-17-32(4,5)29-15-14-28-30-27(25(2)3)16-18-35(30,20-19-34(28,8)33(29,6)7)31(38)37-23-12-13-26(37)24-36-21-10-11-22-36/h25-30H,9-24H2,1-8H3/t26-,27-,28+,29+,30+,34+,35-/m0/s1. The molecule has 0 aromatic heterocycles. The molecule has 2 aliphatic heterocycles. The number of amides is 1. The van der Waals surface area contributed by atoms with Crippen LogP contribution in [-0.2, 0) is 4.79 Å². The maximum atomic E-state index is 14.9. The van der Waals surface area contributed by atoms with E-state index >= 15 is 0 Å². The van der Waals surface area contributed by atoms with E-state index in [4.69, 9.17) is 0 Å². The molecular formula is C35H62N2O. The van der Waals surface area contributed by atoms with Gasteiger partial charge in [-0.2, -0.15) is 0 Å². The van der Waals surface area contributed by atoms with Gasteiger partial charge in [-0.05, 0) is 130 Å². The molecule has 2 saturated heterocycles. The Kier molecular flexibility index (Phi) is 7.89. The Morgan fingerprint density at radius 3 is 2.29 bits per heavy atom. The van der Waals surface area contributed by atoms with E-state index in [0.717, 1.165) is 31.8 Å². The lowest BCUT2D eigenvalue weighted by atomic mass is 9.38. The molecule has 2 heterocycles. The maximum Gasteiger partial charge on any atom is 0.229 e. The van der Waals surface area contributed by atoms with Crippen LogP contribution in [0.2, 0.25) is 0 Å². The number of likely N-dealkylation sites (tertiary alicyclic amines) is 2. The van der Waals surface area contributed by atoms with E-state index < -0.39 is 0 Å². The summed E-state index contributed by atoms with van der Waals surface area (Å²) in [6.07, 6.45) is 15.2. The molecule has 0 unspecified atom stereocenters. The summed E-state index contributed by atoms with van der Waals surface area (Å²) in [6.45, 7) is 25.0. The number of rotatable bonds is 7. The topological polar surface area (TPSA) is 23.6 Å². The van der Waals surface area contributed by atoms with E-state index in [9.17, 15) is 4.79 Å². The van der Waals surface area contributed by atoms with Crippen LogP contribution in [-0.4, -0.2) is 47.9 Å². The van der Waals surface area contributed by atoms with Crippen molar-refractivity contribution >= 4 is 5.91 Å². The molecule has 7 atom stereocenters. The Hall–Kier alpha value is -0.570. The van der Waals surface area contributed by atoms with Gasteiger partial charge in [-0.3, -0.25) is 4.79 Å². The summed E-state index contributed by atoms with van der Waals surface area (Å²) in [4.78, 5) is 20.0. The summed E-state index contributed by atoms with van der Waals surface area (Å²) in [5.74, 6) is 4.02. The van der Waals surface area contributed by atoms with E-state index in [2.05, 4.69) is 65.2 Å². The molecule has 3 nitrogen and oxygen atoms in total. The van der Waals surface area contributed by atoms with Crippen molar-refractivity contribution in [2.75, 3.05) is 26.2 Å². The second-order valence-corrected chi connectivity index (χ2v) is 16.5. The van der Waals surface area contributed by atoms with Gasteiger partial charge < -0.3 is 9.80 Å². The summed E-state index contributed by atoms with van der Waals surface area (Å²) in [6, 6.07) is 0.462. The molecule has 5 rings (SSSR count). The van der Waals surface area contributed by atoms with Crippen LogP contribution in [0.25, 0.3) is 0 Å². The molecule has 218 valence electrons. The van der Waals surface area contributed by atoms with Crippen LogP contribution in [0.3, 0.4) is 0 Å². The number of fused-ring (bicyclic) bond motifs is 3. The molecule has 0 aromatic carbocycles. The Balaban J connectivity index is 1.46. The highest BCUT2D eigenvalue weighted by Crippen LogP contribution is 2.73. The minimum atomic E-state index is -0.0887.